The Bertz CT molecular complexity index is 1220. The smallest absolute Gasteiger partial charge is 0.339 e. The number of carbonyl (C=O) groups excluding carboxylic acids is 2. The number of benzene rings is 2. The van der Waals surface area contributed by atoms with E-state index in [1.165, 1.54) is 11.8 Å². The molecule has 0 radical (unpaired) electrons. The molecule has 2 heterocycles. The first-order valence-corrected chi connectivity index (χ1v) is 9.99. The van der Waals surface area contributed by atoms with Crippen molar-refractivity contribution in [1.29, 1.82) is 5.26 Å². The van der Waals surface area contributed by atoms with E-state index in [9.17, 15) is 14.9 Å². The Kier molecular flexibility index (Phi) is 5.29. The molecule has 1 spiro atoms. The molecule has 2 N–H and O–H groups in total. The number of hydrogen-bond acceptors (Lipinski definition) is 6. The van der Waals surface area contributed by atoms with E-state index in [-0.39, 0.29) is 35.9 Å². The van der Waals surface area contributed by atoms with Gasteiger partial charge in [-0.2, -0.15) is 5.26 Å². The Balaban J connectivity index is 1.89. The van der Waals surface area contributed by atoms with Gasteiger partial charge in [0.1, 0.15) is 29.6 Å². The monoisotopic (exact) mass is 427 g/mol. The lowest BCUT2D eigenvalue weighted by atomic mass is 9.68. The van der Waals surface area contributed by atoms with Crippen LogP contribution in [0.2, 0.25) is 0 Å². The number of hydrogen-bond donors (Lipinski definition) is 1. The van der Waals surface area contributed by atoms with Crippen LogP contribution in [0.4, 0.5) is 5.69 Å². The largest absolute Gasteiger partial charge is 0.457 e. The number of nitrogens with two attached hydrogens (primary N) is 1. The van der Waals surface area contributed by atoms with Crippen LogP contribution >= 0.6 is 0 Å². The third kappa shape index (κ3) is 2.96. The van der Waals surface area contributed by atoms with Crippen molar-refractivity contribution in [1.82, 2.24) is 0 Å². The maximum atomic E-state index is 13.9. The average Bonchev–Trinajstić information content (AvgIpc) is 3.02. The number of anilines is 1. The first-order valence-electron chi connectivity index (χ1n) is 9.99. The molecular weight excluding hydrogens is 406 g/mol. The Morgan fingerprint density at radius 2 is 1.94 bits per heavy atom. The Morgan fingerprint density at radius 1 is 1.25 bits per heavy atom. The molecule has 1 atom stereocenters. The summed E-state index contributed by atoms with van der Waals surface area (Å²) in [4.78, 5) is 28.8. The quantitative estimate of drug-likeness (QED) is 0.580. The van der Waals surface area contributed by atoms with Crippen molar-refractivity contribution < 1.29 is 19.1 Å². The minimum Gasteiger partial charge on any atom is -0.457 e. The number of rotatable bonds is 5. The predicted molar refractivity (Wildman–Crippen MR) is 118 cm³/mol. The molecule has 32 heavy (non-hydrogen) atoms. The first kappa shape index (κ1) is 20.9. The first-order chi connectivity index (χ1) is 15.5. The molecule has 1 amide bonds. The normalized spacial score (nSPS) is 19.5. The number of nitrogens with zero attached hydrogens (tertiary/aromatic N) is 2. The molecule has 7 nitrogen and oxygen atoms in total. The molecule has 2 aromatic rings. The third-order valence-electron chi connectivity index (χ3n) is 5.62. The summed E-state index contributed by atoms with van der Waals surface area (Å²) in [6.45, 7) is 5.46. The predicted octanol–water partition coefficient (Wildman–Crippen LogP) is 3.20. The van der Waals surface area contributed by atoms with Gasteiger partial charge in [0.15, 0.2) is 5.41 Å². The van der Waals surface area contributed by atoms with Crippen LogP contribution in [0.5, 0.6) is 0 Å². The maximum Gasteiger partial charge on any atom is 0.339 e. The van der Waals surface area contributed by atoms with E-state index < -0.39 is 17.3 Å². The van der Waals surface area contributed by atoms with Gasteiger partial charge in [-0.3, -0.25) is 4.79 Å². The summed E-state index contributed by atoms with van der Waals surface area (Å²) in [7, 11) is 0. The highest BCUT2D eigenvalue weighted by molar-refractivity contribution is 6.18. The lowest BCUT2D eigenvalue weighted by Crippen LogP contribution is -2.48. The highest BCUT2D eigenvalue weighted by Crippen LogP contribution is 2.54. The van der Waals surface area contributed by atoms with E-state index in [0.717, 1.165) is 5.56 Å². The highest BCUT2D eigenvalue weighted by atomic mass is 16.5. The van der Waals surface area contributed by atoms with Gasteiger partial charge in [-0.25, -0.2) is 4.79 Å². The molecule has 0 aromatic heterocycles. The fourth-order valence-corrected chi connectivity index (χ4v) is 4.32. The van der Waals surface area contributed by atoms with Crippen molar-refractivity contribution in [2.24, 2.45) is 5.73 Å². The summed E-state index contributed by atoms with van der Waals surface area (Å²) < 4.78 is 11.1. The van der Waals surface area contributed by atoms with Crippen LogP contribution in [0.25, 0.3) is 0 Å². The molecule has 0 saturated carbocycles. The summed E-state index contributed by atoms with van der Waals surface area (Å²) in [5.74, 6) is -1.33. The summed E-state index contributed by atoms with van der Waals surface area (Å²) in [6.07, 6.45) is 1.58. The number of carbonyl (C=O) groups is 2. The Hall–Kier alpha value is -4.31. The van der Waals surface area contributed by atoms with Crippen molar-refractivity contribution in [2.45, 2.75) is 18.9 Å². The number of amides is 1. The number of fused-ring (bicyclic) bond motifs is 2. The lowest BCUT2D eigenvalue weighted by Gasteiger charge is -2.34. The highest BCUT2D eigenvalue weighted by Gasteiger charge is 2.61. The molecule has 2 aliphatic heterocycles. The summed E-state index contributed by atoms with van der Waals surface area (Å²) in [6, 6.07) is 18.2. The number of ether oxygens (including phenoxy) is 2. The van der Waals surface area contributed by atoms with E-state index in [1.54, 1.807) is 30.3 Å². The van der Waals surface area contributed by atoms with Gasteiger partial charge in [0, 0.05) is 17.8 Å². The van der Waals surface area contributed by atoms with Crippen LogP contribution in [-0.2, 0) is 31.1 Å². The van der Waals surface area contributed by atoms with Crippen LogP contribution < -0.4 is 10.6 Å². The summed E-state index contributed by atoms with van der Waals surface area (Å²) >= 11 is 0. The van der Waals surface area contributed by atoms with Crippen molar-refractivity contribution in [3.05, 3.63) is 101 Å². The second-order valence-corrected chi connectivity index (χ2v) is 7.42. The zero-order valence-electron chi connectivity index (χ0n) is 17.5. The van der Waals surface area contributed by atoms with Crippen LogP contribution in [0, 0.1) is 11.3 Å². The van der Waals surface area contributed by atoms with E-state index in [4.69, 9.17) is 15.2 Å². The topological polar surface area (TPSA) is 106 Å². The van der Waals surface area contributed by atoms with E-state index >= 15 is 0 Å². The number of esters is 1. The molecule has 0 fully saturated rings. The van der Waals surface area contributed by atoms with Crippen LogP contribution in [0.3, 0.4) is 0 Å². The molecule has 0 unspecified atom stereocenters. The molecule has 4 rings (SSSR count). The standard InChI is InChI=1S/C25H21N3O4/c1-3-13-28-20-12-8-7-11-18(20)25(24(28)30)19(14-26)22(27)32-16(2)21(25)23(29)31-15-17-9-5-4-6-10-17/h3-12H,1,13,15,27H2,2H3/t25-/m0/s1. The van der Waals surface area contributed by atoms with Gasteiger partial charge in [0.25, 0.3) is 0 Å². The van der Waals surface area contributed by atoms with Crippen molar-refractivity contribution in [3.63, 3.8) is 0 Å². The molecule has 0 bridgehead atoms. The minimum atomic E-state index is -1.76. The fraction of sp³-hybridized carbons (Fsp3) is 0.160. The van der Waals surface area contributed by atoms with Gasteiger partial charge in [-0.15, -0.1) is 6.58 Å². The third-order valence-corrected chi connectivity index (χ3v) is 5.62. The number of nitriles is 1. The van der Waals surface area contributed by atoms with E-state index in [1.807, 2.05) is 36.4 Å². The van der Waals surface area contributed by atoms with Crippen LogP contribution in [-0.4, -0.2) is 18.4 Å². The molecule has 2 aromatic carbocycles. The average molecular weight is 427 g/mol. The molecule has 2 aliphatic rings. The van der Waals surface area contributed by atoms with Gasteiger partial charge < -0.3 is 20.1 Å². The minimum absolute atomic E-state index is 0.000173. The summed E-state index contributed by atoms with van der Waals surface area (Å²) in [5.41, 5.74) is 5.94. The second-order valence-electron chi connectivity index (χ2n) is 7.42. The fourth-order valence-electron chi connectivity index (χ4n) is 4.32. The zero-order chi connectivity index (χ0) is 22.9. The van der Waals surface area contributed by atoms with Gasteiger partial charge in [-0.05, 0) is 18.6 Å². The molecule has 160 valence electrons. The number of para-hydroxylation sites is 1. The Labute approximate surface area is 185 Å². The van der Waals surface area contributed by atoms with E-state index in [2.05, 4.69) is 6.58 Å². The van der Waals surface area contributed by atoms with Gasteiger partial charge in [0.2, 0.25) is 11.8 Å². The molecule has 0 aliphatic carbocycles. The van der Waals surface area contributed by atoms with Crippen LogP contribution in [0.15, 0.2) is 90.0 Å². The van der Waals surface area contributed by atoms with Crippen molar-refractivity contribution in [3.8, 4) is 6.07 Å². The molecule has 0 saturated heterocycles. The molecular formula is C25H21N3O4. The number of allylic oxidation sites excluding steroid dienone is 1. The van der Waals surface area contributed by atoms with E-state index in [0.29, 0.717) is 11.3 Å². The second kappa shape index (κ2) is 8.08. The van der Waals surface area contributed by atoms with Crippen LogP contribution in [0.1, 0.15) is 18.1 Å². The molecule has 7 heteroatoms. The van der Waals surface area contributed by atoms with Gasteiger partial charge in [-0.1, -0.05) is 54.6 Å². The maximum absolute atomic E-state index is 13.9. The Morgan fingerprint density at radius 3 is 2.62 bits per heavy atom. The van der Waals surface area contributed by atoms with Crippen molar-refractivity contribution in [2.75, 3.05) is 11.4 Å². The van der Waals surface area contributed by atoms with Gasteiger partial charge >= 0.3 is 5.97 Å². The van der Waals surface area contributed by atoms with Crippen molar-refractivity contribution >= 4 is 17.6 Å². The lowest BCUT2D eigenvalue weighted by molar-refractivity contribution is -0.142. The summed E-state index contributed by atoms with van der Waals surface area (Å²) in [5, 5.41) is 10.0. The van der Waals surface area contributed by atoms with Gasteiger partial charge in [0.05, 0.1) is 0 Å². The zero-order valence-corrected chi connectivity index (χ0v) is 17.5. The SMILES string of the molecule is C=CCN1C(=O)[C@]2(C(C#N)=C(N)OC(C)=C2C(=O)OCc2ccccc2)c2ccccc21.